The lowest BCUT2D eigenvalue weighted by Crippen LogP contribution is -2.14. The van der Waals surface area contributed by atoms with E-state index in [2.05, 4.69) is 15.9 Å². The van der Waals surface area contributed by atoms with Crippen LogP contribution in [0.15, 0.2) is 40.9 Å². The Labute approximate surface area is 148 Å². The summed E-state index contributed by atoms with van der Waals surface area (Å²) in [4.78, 5) is 22.8. The summed E-state index contributed by atoms with van der Waals surface area (Å²) in [7, 11) is 1.58. The molecule has 0 aliphatic carbocycles. The Morgan fingerprint density at radius 2 is 1.88 bits per heavy atom. The molecule has 0 radical (unpaired) electrons. The molecule has 0 aliphatic heterocycles. The molecule has 5 nitrogen and oxygen atoms in total. The zero-order chi connectivity index (χ0) is 17.9. The second-order valence-electron chi connectivity index (χ2n) is 5.45. The number of methoxy groups -OCH3 is 1. The monoisotopic (exact) mass is 392 g/mol. The first-order valence-corrected chi connectivity index (χ1v) is 8.06. The standard InChI is InChI=1S/C18H17BrO5/c1-10(8-11-6-7-15(24-2)14(19)9-11)12-4-3-5-13(17(20)21)16(12)18(22)23/h3-7,9-10H,8H2,1-2H3,(H,20,21)(H,22,23). The summed E-state index contributed by atoms with van der Waals surface area (Å²) in [5.74, 6) is -1.92. The highest BCUT2D eigenvalue weighted by Crippen LogP contribution is 2.30. The van der Waals surface area contributed by atoms with Crippen LogP contribution in [-0.4, -0.2) is 29.3 Å². The van der Waals surface area contributed by atoms with Gasteiger partial charge in [0.15, 0.2) is 0 Å². The Kier molecular flexibility index (Phi) is 5.62. The molecule has 0 bridgehead atoms. The fourth-order valence-electron chi connectivity index (χ4n) is 2.70. The number of carboxylic acid groups (broad SMARTS) is 2. The zero-order valence-electron chi connectivity index (χ0n) is 13.2. The molecule has 0 saturated carbocycles. The highest BCUT2D eigenvalue weighted by Gasteiger charge is 2.23. The minimum Gasteiger partial charge on any atom is -0.496 e. The van der Waals surface area contributed by atoms with Crippen molar-refractivity contribution in [2.45, 2.75) is 19.3 Å². The lowest BCUT2D eigenvalue weighted by atomic mass is 9.88. The van der Waals surface area contributed by atoms with Gasteiger partial charge in [0.05, 0.1) is 22.7 Å². The van der Waals surface area contributed by atoms with E-state index in [-0.39, 0.29) is 17.0 Å². The van der Waals surface area contributed by atoms with Crippen molar-refractivity contribution < 1.29 is 24.5 Å². The molecule has 0 aromatic heterocycles. The second-order valence-corrected chi connectivity index (χ2v) is 6.31. The molecule has 2 aromatic carbocycles. The van der Waals surface area contributed by atoms with Crippen LogP contribution in [0.4, 0.5) is 0 Å². The van der Waals surface area contributed by atoms with Gasteiger partial charge in [-0.15, -0.1) is 0 Å². The molecular formula is C18H17BrO5. The summed E-state index contributed by atoms with van der Waals surface area (Å²) in [5, 5.41) is 18.7. The van der Waals surface area contributed by atoms with Crippen LogP contribution in [0.2, 0.25) is 0 Å². The highest BCUT2D eigenvalue weighted by molar-refractivity contribution is 9.10. The Hall–Kier alpha value is -2.34. The minimum absolute atomic E-state index is 0.148. The van der Waals surface area contributed by atoms with Crippen molar-refractivity contribution in [2.24, 2.45) is 0 Å². The van der Waals surface area contributed by atoms with Crippen LogP contribution in [0.25, 0.3) is 0 Å². The number of ether oxygens (including phenoxy) is 1. The van der Waals surface area contributed by atoms with Crippen LogP contribution in [0, 0.1) is 0 Å². The van der Waals surface area contributed by atoms with Crippen molar-refractivity contribution in [3.8, 4) is 5.75 Å². The maximum atomic E-state index is 11.6. The van der Waals surface area contributed by atoms with Crippen LogP contribution in [-0.2, 0) is 6.42 Å². The van der Waals surface area contributed by atoms with Gasteiger partial charge < -0.3 is 14.9 Å². The predicted octanol–water partition coefficient (Wildman–Crippen LogP) is 4.20. The van der Waals surface area contributed by atoms with Gasteiger partial charge in [0.25, 0.3) is 0 Å². The minimum atomic E-state index is -1.24. The fraction of sp³-hybridized carbons (Fsp3) is 0.222. The third kappa shape index (κ3) is 3.76. The van der Waals surface area contributed by atoms with Crippen molar-refractivity contribution in [2.75, 3.05) is 7.11 Å². The molecule has 2 N–H and O–H groups in total. The highest BCUT2D eigenvalue weighted by atomic mass is 79.9. The molecule has 0 heterocycles. The molecule has 24 heavy (non-hydrogen) atoms. The lowest BCUT2D eigenvalue weighted by Gasteiger charge is -2.17. The number of carboxylic acids is 2. The van der Waals surface area contributed by atoms with E-state index < -0.39 is 11.9 Å². The molecule has 2 aromatic rings. The quantitative estimate of drug-likeness (QED) is 0.769. The normalized spacial score (nSPS) is 11.8. The van der Waals surface area contributed by atoms with Crippen molar-refractivity contribution in [3.05, 3.63) is 63.1 Å². The number of aromatic carboxylic acids is 2. The third-order valence-corrected chi connectivity index (χ3v) is 4.45. The number of benzene rings is 2. The van der Waals surface area contributed by atoms with Gasteiger partial charge in [0.1, 0.15) is 5.75 Å². The van der Waals surface area contributed by atoms with Crippen LogP contribution < -0.4 is 4.74 Å². The molecule has 2 rings (SSSR count). The van der Waals surface area contributed by atoms with E-state index in [1.54, 1.807) is 19.2 Å². The zero-order valence-corrected chi connectivity index (χ0v) is 14.8. The summed E-state index contributed by atoms with van der Waals surface area (Å²) in [6, 6.07) is 10.2. The fourth-order valence-corrected chi connectivity index (χ4v) is 3.29. The van der Waals surface area contributed by atoms with Crippen LogP contribution >= 0.6 is 15.9 Å². The van der Waals surface area contributed by atoms with Gasteiger partial charge in [0, 0.05) is 0 Å². The van der Waals surface area contributed by atoms with E-state index in [0.29, 0.717) is 17.7 Å². The third-order valence-electron chi connectivity index (χ3n) is 3.83. The number of hydrogen-bond donors (Lipinski definition) is 2. The molecule has 1 unspecified atom stereocenters. The number of hydrogen-bond acceptors (Lipinski definition) is 3. The number of rotatable bonds is 6. The topological polar surface area (TPSA) is 83.8 Å². The molecule has 0 amide bonds. The summed E-state index contributed by atoms with van der Waals surface area (Å²) in [6.45, 7) is 1.88. The van der Waals surface area contributed by atoms with Gasteiger partial charge in [-0.1, -0.05) is 25.1 Å². The Bertz CT molecular complexity index is 785. The Morgan fingerprint density at radius 1 is 1.17 bits per heavy atom. The first kappa shape index (κ1) is 18.0. The molecule has 0 aliphatic rings. The van der Waals surface area contributed by atoms with Crippen molar-refractivity contribution in [1.29, 1.82) is 0 Å². The molecule has 1 atom stereocenters. The van der Waals surface area contributed by atoms with Crippen LogP contribution in [0.3, 0.4) is 0 Å². The smallest absolute Gasteiger partial charge is 0.336 e. The van der Waals surface area contributed by atoms with Gasteiger partial charge in [-0.2, -0.15) is 0 Å². The summed E-state index contributed by atoms with van der Waals surface area (Å²) in [6.07, 6.45) is 0.575. The van der Waals surface area contributed by atoms with Gasteiger partial charge in [0.2, 0.25) is 0 Å². The maximum Gasteiger partial charge on any atom is 0.336 e. The maximum absolute atomic E-state index is 11.6. The number of carbonyl (C=O) groups is 2. The number of halogens is 1. The summed E-state index contributed by atoms with van der Waals surface area (Å²) >= 11 is 3.43. The SMILES string of the molecule is COc1ccc(CC(C)c2cccc(C(=O)O)c2C(=O)O)cc1Br. The van der Waals surface area contributed by atoms with Gasteiger partial charge >= 0.3 is 11.9 Å². The van der Waals surface area contributed by atoms with E-state index in [0.717, 1.165) is 10.0 Å². The second kappa shape index (κ2) is 7.49. The molecule has 6 heteroatoms. The van der Waals surface area contributed by atoms with E-state index in [4.69, 9.17) is 4.74 Å². The van der Waals surface area contributed by atoms with E-state index in [1.165, 1.54) is 6.07 Å². The van der Waals surface area contributed by atoms with Gasteiger partial charge in [-0.05, 0) is 57.6 Å². The Morgan fingerprint density at radius 3 is 2.42 bits per heavy atom. The summed E-state index contributed by atoms with van der Waals surface area (Å²) < 4.78 is 6.00. The van der Waals surface area contributed by atoms with Gasteiger partial charge in [-0.3, -0.25) is 0 Å². The predicted molar refractivity (Wildman–Crippen MR) is 93.2 cm³/mol. The first-order valence-electron chi connectivity index (χ1n) is 7.27. The molecule has 0 fully saturated rings. The van der Waals surface area contributed by atoms with Crippen molar-refractivity contribution in [1.82, 2.24) is 0 Å². The average Bonchev–Trinajstić information content (AvgIpc) is 2.54. The largest absolute Gasteiger partial charge is 0.496 e. The molecule has 0 spiro atoms. The average molecular weight is 393 g/mol. The van der Waals surface area contributed by atoms with Crippen molar-refractivity contribution in [3.63, 3.8) is 0 Å². The molecular weight excluding hydrogens is 376 g/mol. The van der Waals surface area contributed by atoms with E-state index in [9.17, 15) is 19.8 Å². The van der Waals surface area contributed by atoms with Crippen molar-refractivity contribution >= 4 is 27.9 Å². The van der Waals surface area contributed by atoms with E-state index >= 15 is 0 Å². The van der Waals surface area contributed by atoms with Crippen LogP contribution in [0.5, 0.6) is 5.75 Å². The Balaban J connectivity index is 2.38. The van der Waals surface area contributed by atoms with Gasteiger partial charge in [-0.25, -0.2) is 9.59 Å². The lowest BCUT2D eigenvalue weighted by molar-refractivity contribution is 0.0650. The molecule has 0 saturated heterocycles. The molecule has 126 valence electrons. The van der Waals surface area contributed by atoms with Crippen LogP contribution in [0.1, 0.15) is 44.7 Å². The first-order chi connectivity index (χ1) is 11.3. The van der Waals surface area contributed by atoms with E-state index in [1.807, 2.05) is 25.1 Å². The summed E-state index contributed by atoms with van der Waals surface area (Å²) in [5.41, 5.74) is 1.16.